The van der Waals surface area contributed by atoms with Gasteiger partial charge in [0.25, 0.3) is 0 Å². The largest absolute Gasteiger partial charge is 0.496 e. The lowest BCUT2D eigenvalue weighted by Crippen LogP contribution is -2.49. The maximum absolute atomic E-state index is 12.5. The van der Waals surface area contributed by atoms with Gasteiger partial charge in [-0.05, 0) is 47.4 Å². The van der Waals surface area contributed by atoms with E-state index in [2.05, 4.69) is 29.1 Å². The number of hydrogen-bond acceptors (Lipinski definition) is 3. The molecule has 0 radical (unpaired) electrons. The fourth-order valence-corrected chi connectivity index (χ4v) is 3.89. The predicted molar refractivity (Wildman–Crippen MR) is 108 cm³/mol. The van der Waals surface area contributed by atoms with Gasteiger partial charge in [-0.1, -0.05) is 54.1 Å². The molecule has 0 aromatic heterocycles. The molecular weight excluding hydrogens is 360 g/mol. The van der Waals surface area contributed by atoms with E-state index < -0.39 is 0 Å². The molecule has 0 saturated carbocycles. The van der Waals surface area contributed by atoms with E-state index in [4.69, 9.17) is 16.3 Å². The van der Waals surface area contributed by atoms with Crippen molar-refractivity contribution in [2.75, 3.05) is 7.11 Å². The molecule has 0 bridgehead atoms. The van der Waals surface area contributed by atoms with Gasteiger partial charge in [0, 0.05) is 16.5 Å². The molecule has 138 valence electrons. The Balaban J connectivity index is 1.64. The summed E-state index contributed by atoms with van der Waals surface area (Å²) in [5, 5.41) is 2.98. The number of fused-ring (bicyclic) bond motifs is 1. The van der Waals surface area contributed by atoms with Gasteiger partial charge in [-0.15, -0.1) is 0 Å². The number of halogens is 1. The number of hydrazine groups is 1. The average molecular weight is 381 g/mol. The van der Waals surface area contributed by atoms with Gasteiger partial charge < -0.3 is 4.74 Å². The van der Waals surface area contributed by atoms with Crippen molar-refractivity contribution in [3.63, 3.8) is 0 Å². The van der Waals surface area contributed by atoms with E-state index in [1.54, 1.807) is 7.11 Å². The summed E-state index contributed by atoms with van der Waals surface area (Å²) >= 11 is 5.99. The quantitative estimate of drug-likeness (QED) is 0.704. The van der Waals surface area contributed by atoms with Gasteiger partial charge in [0.2, 0.25) is 5.91 Å². The van der Waals surface area contributed by atoms with Gasteiger partial charge in [-0.3, -0.25) is 10.2 Å². The third kappa shape index (κ3) is 3.64. The molecule has 1 aliphatic heterocycles. The SMILES string of the molecule is COc1ccc2ccccc2c1CC1CC(c2ccc(Cl)cc2)NNC1=O. The Morgan fingerprint density at radius 1 is 1.07 bits per heavy atom. The number of hydrogen-bond donors (Lipinski definition) is 2. The standard InChI is InChI=1S/C22H21ClN2O2/c1-27-21-11-8-14-4-2-3-5-18(14)19(21)12-16-13-20(24-25-22(16)26)15-6-9-17(23)10-7-15/h2-11,16,20,24H,12-13H2,1H3,(H,25,26). The highest BCUT2D eigenvalue weighted by Crippen LogP contribution is 2.34. The van der Waals surface area contributed by atoms with E-state index in [1.165, 1.54) is 0 Å². The van der Waals surface area contributed by atoms with Crippen molar-refractivity contribution in [1.82, 2.24) is 10.9 Å². The maximum Gasteiger partial charge on any atom is 0.237 e. The lowest BCUT2D eigenvalue weighted by Gasteiger charge is -2.31. The minimum Gasteiger partial charge on any atom is -0.496 e. The Kier molecular flexibility index (Phi) is 5.01. The summed E-state index contributed by atoms with van der Waals surface area (Å²) < 4.78 is 5.59. The molecule has 5 heteroatoms. The van der Waals surface area contributed by atoms with Gasteiger partial charge >= 0.3 is 0 Å². The highest BCUT2D eigenvalue weighted by Gasteiger charge is 2.30. The molecule has 3 aromatic rings. The Morgan fingerprint density at radius 2 is 1.85 bits per heavy atom. The Hall–Kier alpha value is -2.56. The van der Waals surface area contributed by atoms with Crippen LogP contribution in [0.4, 0.5) is 0 Å². The van der Waals surface area contributed by atoms with E-state index in [1.807, 2.05) is 42.5 Å². The van der Waals surface area contributed by atoms with Crippen LogP contribution in [0, 0.1) is 5.92 Å². The molecule has 2 unspecified atom stereocenters. The van der Waals surface area contributed by atoms with E-state index in [-0.39, 0.29) is 17.9 Å². The molecule has 1 saturated heterocycles. The summed E-state index contributed by atoms with van der Waals surface area (Å²) in [6.07, 6.45) is 1.34. The molecule has 1 amide bonds. The number of benzene rings is 3. The first-order valence-corrected chi connectivity index (χ1v) is 9.39. The predicted octanol–water partition coefficient (Wildman–Crippen LogP) is 4.43. The Bertz CT molecular complexity index is 972. The second-order valence-electron chi connectivity index (χ2n) is 6.84. The molecule has 2 atom stereocenters. The fraction of sp³-hybridized carbons (Fsp3) is 0.227. The smallest absolute Gasteiger partial charge is 0.237 e. The Labute approximate surface area is 163 Å². The van der Waals surface area contributed by atoms with Crippen molar-refractivity contribution < 1.29 is 9.53 Å². The fourth-order valence-electron chi connectivity index (χ4n) is 3.77. The van der Waals surface area contributed by atoms with Crippen molar-refractivity contribution in [3.8, 4) is 5.75 Å². The number of ether oxygens (including phenoxy) is 1. The minimum absolute atomic E-state index is 0.00945. The van der Waals surface area contributed by atoms with Crippen LogP contribution in [0.1, 0.15) is 23.6 Å². The molecule has 1 heterocycles. The topological polar surface area (TPSA) is 50.4 Å². The highest BCUT2D eigenvalue weighted by atomic mass is 35.5. The van der Waals surface area contributed by atoms with Gasteiger partial charge in [0.1, 0.15) is 5.75 Å². The number of nitrogens with one attached hydrogen (secondary N) is 2. The third-order valence-corrected chi connectivity index (χ3v) is 5.45. The summed E-state index contributed by atoms with van der Waals surface area (Å²) in [4.78, 5) is 12.5. The van der Waals surface area contributed by atoms with Crippen LogP contribution in [-0.2, 0) is 11.2 Å². The minimum atomic E-state index is -0.147. The monoisotopic (exact) mass is 380 g/mol. The molecule has 2 N–H and O–H groups in total. The summed E-state index contributed by atoms with van der Waals surface area (Å²) in [5.74, 6) is 0.685. The third-order valence-electron chi connectivity index (χ3n) is 5.20. The van der Waals surface area contributed by atoms with Crippen LogP contribution in [0.2, 0.25) is 5.02 Å². The van der Waals surface area contributed by atoms with Crippen molar-refractivity contribution >= 4 is 28.3 Å². The van der Waals surface area contributed by atoms with Crippen LogP contribution in [0.15, 0.2) is 60.7 Å². The van der Waals surface area contributed by atoms with Crippen LogP contribution in [-0.4, -0.2) is 13.0 Å². The zero-order valence-electron chi connectivity index (χ0n) is 15.0. The van der Waals surface area contributed by atoms with E-state index in [0.29, 0.717) is 17.9 Å². The summed E-state index contributed by atoms with van der Waals surface area (Å²) in [7, 11) is 1.67. The van der Waals surface area contributed by atoms with Crippen LogP contribution in [0.25, 0.3) is 10.8 Å². The lowest BCUT2D eigenvalue weighted by atomic mass is 9.86. The van der Waals surface area contributed by atoms with Crippen LogP contribution >= 0.6 is 11.6 Å². The van der Waals surface area contributed by atoms with Crippen molar-refractivity contribution in [2.45, 2.75) is 18.9 Å². The average Bonchev–Trinajstić information content (AvgIpc) is 2.70. The van der Waals surface area contributed by atoms with Gasteiger partial charge in [0.15, 0.2) is 0 Å². The molecule has 27 heavy (non-hydrogen) atoms. The molecule has 3 aromatic carbocycles. The lowest BCUT2D eigenvalue weighted by molar-refractivity contribution is -0.128. The number of carbonyl (C=O) groups is 1. The van der Waals surface area contributed by atoms with E-state index in [9.17, 15) is 4.79 Å². The summed E-state index contributed by atoms with van der Waals surface area (Å²) in [5.41, 5.74) is 8.13. The molecular formula is C22H21ClN2O2. The van der Waals surface area contributed by atoms with E-state index >= 15 is 0 Å². The van der Waals surface area contributed by atoms with Crippen molar-refractivity contribution in [1.29, 1.82) is 0 Å². The number of methoxy groups -OCH3 is 1. The first-order valence-electron chi connectivity index (χ1n) is 9.01. The molecule has 0 aliphatic carbocycles. The van der Waals surface area contributed by atoms with Gasteiger partial charge in [0.05, 0.1) is 13.2 Å². The van der Waals surface area contributed by atoms with E-state index in [0.717, 1.165) is 27.6 Å². The second kappa shape index (κ2) is 7.59. The summed E-state index contributed by atoms with van der Waals surface area (Å²) in [6.45, 7) is 0. The molecule has 1 fully saturated rings. The molecule has 0 spiro atoms. The van der Waals surface area contributed by atoms with Crippen LogP contribution in [0.5, 0.6) is 5.75 Å². The molecule has 1 aliphatic rings. The van der Waals surface area contributed by atoms with Crippen molar-refractivity contribution in [3.05, 3.63) is 76.8 Å². The highest BCUT2D eigenvalue weighted by molar-refractivity contribution is 6.30. The van der Waals surface area contributed by atoms with Crippen LogP contribution in [0.3, 0.4) is 0 Å². The number of amides is 1. The Morgan fingerprint density at radius 3 is 2.63 bits per heavy atom. The first kappa shape index (κ1) is 17.8. The van der Waals surface area contributed by atoms with Gasteiger partial charge in [-0.2, -0.15) is 0 Å². The number of rotatable bonds is 4. The summed E-state index contributed by atoms with van der Waals surface area (Å²) in [6, 6.07) is 20.0. The zero-order chi connectivity index (χ0) is 18.8. The normalized spacial score (nSPS) is 19.7. The molecule has 4 rings (SSSR count). The first-order chi connectivity index (χ1) is 13.2. The van der Waals surface area contributed by atoms with Crippen molar-refractivity contribution in [2.24, 2.45) is 5.92 Å². The molecule has 4 nitrogen and oxygen atoms in total. The maximum atomic E-state index is 12.5. The zero-order valence-corrected chi connectivity index (χ0v) is 15.8. The van der Waals surface area contributed by atoms with Gasteiger partial charge in [-0.25, -0.2) is 5.43 Å². The van der Waals surface area contributed by atoms with Crippen LogP contribution < -0.4 is 15.6 Å². The number of carbonyl (C=O) groups excluding carboxylic acids is 1. The second-order valence-corrected chi connectivity index (χ2v) is 7.28.